The van der Waals surface area contributed by atoms with Crippen molar-refractivity contribution in [3.63, 3.8) is 0 Å². The van der Waals surface area contributed by atoms with Crippen LogP contribution in [-0.2, 0) is 4.79 Å². The largest absolute Gasteiger partial charge is 0.395 e. The van der Waals surface area contributed by atoms with Gasteiger partial charge in [-0.1, -0.05) is 0 Å². The summed E-state index contributed by atoms with van der Waals surface area (Å²) >= 11 is 3.61. The molecule has 3 amide bonds. The third-order valence-corrected chi connectivity index (χ3v) is 6.63. The molecule has 12 nitrogen and oxygen atoms in total. The lowest BCUT2D eigenvalue weighted by molar-refractivity contribution is -0.121. The van der Waals surface area contributed by atoms with Gasteiger partial charge in [0.05, 0.1) is 52.4 Å². The van der Waals surface area contributed by atoms with E-state index in [9.17, 15) is 34.8 Å². The van der Waals surface area contributed by atoms with Crippen LogP contribution in [0.15, 0.2) is 0 Å². The molecule has 1 aromatic carbocycles. The molecule has 14 heteroatoms. The van der Waals surface area contributed by atoms with Gasteiger partial charge in [-0.2, -0.15) is 0 Å². The van der Waals surface area contributed by atoms with Crippen molar-refractivity contribution in [2.75, 3.05) is 51.0 Å². The van der Waals surface area contributed by atoms with E-state index in [1.54, 1.807) is 22.6 Å². The molecule has 0 aromatic heterocycles. The maximum absolute atomic E-state index is 13.0. The molecule has 0 radical (unpaired) electrons. The highest BCUT2D eigenvalue weighted by Gasteiger charge is 2.31. The molecule has 2 atom stereocenters. The summed E-state index contributed by atoms with van der Waals surface area (Å²) in [4.78, 5) is 39.4. The molecule has 0 spiro atoms. The van der Waals surface area contributed by atoms with E-state index in [0.717, 1.165) is 4.90 Å². The van der Waals surface area contributed by atoms with Crippen LogP contribution in [0.4, 0.5) is 5.69 Å². The van der Waals surface area contributed by atoms with E-state index in [2.05, 4.69) is 10.6 Å². The molecule has 0 fully saturated rings. The Hall–Kier alpha value is -1.15. The van der Waals surface area contributed by atoms with Crippen molar-refractivity contribution < 1.29 is 45.0 Å². The molecule has 0 aliphatic rings. The number of rotatable bonds is 12. The number of nitrogens with one attached hydrogen (secondary N) is 2. The minimum absolute atomic E-state index is 0.00322. The topological polar surface area (TPSA) is 200 Å². The van der Waals surface area contributed by atoms with Crippen LogP contribution in [0.5, 0.6) is 0 Å². The number of carbonyl (C=O) groups excluding carboxylic acids is 3. The van der Waals surface area contributed by atoms with E-state index in [0.29, 0.717) is 0 Å². The summed E-state index contributed by atoms with van der Waals surface area (Å²) < 4.78 is 0.471. The number of hydrogen-bond acceptors (Lipinski definition) is 9. The third-order valence-electron chi connectivity index (χ3n) is 4.50. The average molecular weight is 695 g/mol. The Kier molecular flexibility index (Phi) is 12.9. The fourth-order valence-electron chi connectivity index (χ4n) is 2.85. The van der Waals surface area contributed by atoms with Crippen molar-refractivity contribution in [1.82, 2.24) is 10.6 Å². The molecule has 2 unspecified atom stereocenters. The van der Waals surface area contributed by atoms with Crippen molar-refractivity contribution in [2.45, 2.75) is 19.1 Å². The number of aliphatic hydroxyl groups is 6. The van der Waals surface area contributed by atoms with Gasteiger partial charge in [0.2, 0.25) is 0 Å². The zero-order valence-electron chi connectivity index (χ0n) is 17.7. The molecule has 1 rings (SSSR count). The van der Waals surface area contributed by atoms with Gasteiger partial charge in [-0.25, -0.2) is 0 Å². The minimum Gasteiger partial charge on any atom is -0.395 e. The zero-order valence-corrected chi connectivity index (χ0v) is 22.0. The summed E-state index contributed by atoms with van der Waals surface area (Å²) in [5.74, 6) is -2.15. The second-order valence-corrected chi connectivity index (χ2v) is 9.03. The maximum atomic E-state index is 13.0. The molecule has 0 aliphatic heterocycles. The number of carbonyl (C=O) groups is 3. The highest BCUT2D eigenvalue weighted by molar-refractivity contribution is 14.1. The van der Waals surface area contributed by atoms with Gasteiger partial charge in [0.1, 0.15) is 6.61 Å². The Morgan fingerprint density at radius 1 is 0.879 bits per heavy atom. The van der Waals surface area contributed by atoms with E-state index in [-0.39, 0.29) is 49.2 Å². The van der Waals surface area contributed by atoms with Crippen molar-refractivity contribution in [3.8, 4) is 0 Å². The van der Waals surface area contributed by atoms with E-state index >= 15 is 0 Å². The first kappa shape index (κ1) is 29.9. The Labute approximate surface area is 217 Å². The number of benzene rings is 1. The summed E-state index contributed by atoms with van der Waals surface area (Å²) in [6.45, 7) is -1.72. The smallest absolute Gasteiger partial charge is 0.253 e. The van der Waals surface area contributed by atoms with E-state index in [1.807, 2.05) is 22.6 Å². The summed E-state index contributed by atoms with van der Waals surface area (Å²) in [5.41, 5.74) is 0.424. The van der Waals surface area contributed by atoms with Gasteiger partial charge in [0.15, 0.2) is 0 Å². The van der Waals surface area contributed by atoms with Crippen LogP contribution >= 0.6 is 45.2 Å². The molecule has 0 saturated heterocycles. The van der Waals surface area contributed by atoms with E-state index in [1.165, 1.54) is 6.92 Å². The molecular formula is C19H27I2N3O9. The predicted molar refractivity (Wildman–Crippen MR) is 134 cm³/mol. The van der Waals surface area contributed by atoms with Crippen LogP contribution in [0.25, 0.3) is 0 Å². The zero-order chi connectivity index (χ0) is 25.3. The van der Waals surface area contributed by atoms with Crippen LogP contribution in [-0.4, -0.2) is 107 Å². The molecule has 0 saturated carbocycles. The maximum Gasteiger partial charge on any atom is 0.253 e. The number of anilines is 1. The number of nitrogens with zero attached hydrogens (tertiary/aromatic N) is 1. The molecular weight excluding hydrogens is 668 g/mol. The lowest BCUT2D eigenvalue weighted by atomic mass is 10.00. The fourth-order valence-corrected chi connectivity index (χ4v) is 5.74. The summed E-state index contributed by atoms with van der Waals surface area (Å²) in [5, 5.41) is 60.8. The number of amides is 3. The number of halogens is 2. The van der Waals surface area contributed by atoms with Gasteiger partial charge in [-0.15, -0.1) is 0 Å². The number of hydrogen-bond donors (Lipinski definition) is 8. The Morgan fingerprint density at radius 3 is 1.79 bits per heavy atom. The Balaban J connectivity index is 3.71. The average Bonchev–Trinajstić information content (AvgIpc) is 2.79. The first-order valence-electron chi connectivity index (χ1n) is 9.73. The molecule has 0 bridgehead atoms. The third kappa shape index (κ3) is 7.67. The Bertz CT molecular complexity index is 816. The van der Waals surface area contributed by atoms with Crippen LogP contribution in [0, 0.1) is 14.1 Å². The summed E-state index contributed by atoms with van der Waals surface area (Å²) in [6.07, 6.45) is -2.42. The van der Waals surface area contributed by atoms with Gasteiger partial charge in [0.25, 0.3) is 17.7 Å². The summed E-state index contributed by atoms with van der Waals surface area (Å²) in [6, 6.07) is 0. The second-order valence-electron chi connectivity index (χ2n) is 6.87. The van der Waals surface area contributed by atoms with Crippen LogP contribution in [0.1, 0.15) is 26.3 Å². The lowest BCUT2D eigenvalue weighted by Crippen LogP contribution is -2.40. The van der Waals surface area contributed by atoms with Crippen molar-refractivity contribution in [2.24, 2.45) is 0 Å². The van der Waals surface area contributed by atoms with Gasteiger partial charge < -0.3 is 46.2 Å². The first-order chi connectivity index (χ1) is 15.5. The lowest BCUT2D eigenvalue weighted by Gasteiger charge is -2.28. The molecule has 186 valence electrons. The fraction of sp³-hybridized carbons (Fsp3) is 0.526. The van der Waals surface area contributed by atoms with Crippen molar-refractivity contribution in [3.05, 3.63) is 23.8 Å². The van der Waals surface area contributed by atoms with Crippen molar-refractivity contribution in [1.29, 1.82) is 0 Å². The summed E-state index contributed by atoms with van der Waals surface area (Å²) in [7, 11) is 0. The van der Waals surface area contributed by atoms with Crippen LogP contribution < -0.4 is 15.5 Å². The molecule has 1 aromatic rings. The van der Waals surface area contributed by atoms with E-state index < -0.39 is 56.4 Å². The second kappa shape index (κ2) is 14.3. The quantitative estimate of drug-likeness (QED) is 0.111. The minimum atomic E-state index is -1.21. The Morgan fingerprint density at radius 2 is 1.36 bits per heavy atom. The first-order valence-corrected chi connectivity index (χ1v) is 11.9. The van der Waals surface area contributed by atoms with Gasteiger partial charge in [0, 0.05) is 23.2 Å². The van der Waals surface area contributed by atoms with Crippen LogP contribution in [0.3, 0.4) is 0 Å². The normalized spacial score (nSPS) is 12.8. The molecule has 33 heavy (non-hydrogen) atoms. The van der Waals surface area contributed by atoms with Gasteiger partial charge >= 0.3 is 0 Å². The highest BCUT2D eigenvalue weighted by Crippen LogP contribution is 2.36. The van der Waals surface area contributed by atoms with Gasteiger partial charge in [-0.05, 0) is 57.7 Å². The van der Waals surface area contributed by atoms with Gasteiger partial charge in [-0.3, -0.25) is 14.4 Å². The highest BCUT2D eigenvalue weighted by atomic mass is 127. The van der Waals surface area contributed by atoms with Crippen LogP contribution in [0.2, 0.25) is 0 Å². The molecule has 0 aliphatic carbocycles. The van der Waals surface area contributed by atoms with E-state index in [4.69, 9.17) is 10.2 Å². The predicted octanol–water partition coefficient (Wildman–Crippen LogP) is -2.31. The molecule has 0 heterocycles. The molecule has 8 N–H and O–H groups in total. The van der Waals surface area contributed by atoms with Crippen molar-refractivity contribution >= 4 is 68.6 Å². The standard InChI is InChI=1S/C19H27I2N3O9/c1-9-13(18(32)22-4-10(29)6-26)15(20)14(19(33)23-5-11(30)7-27)16(21)17(9)24(2-3-25)12(31)8-28/h10-11,25-30H,2-8H2,1H3,(H,22,32)(H,23,33). The SMILES string of the molecule is Cc1c(C(=O)NCC(O)CO)c(I)c(C(=O)NCC(O)CO)c(I)c1N(CCO)C(=O)CO. The number of aliphatic hydroxyl groups excluding tert-OH is 6. The monoisotopic (exact) mass is 695 g/mol.